The van der Waals surface area contributed by atoms with Crippen molar-refractivity contribution in [2.45, 2.75) is 6.92 Å². The van der Waals surface area contributed by atoms with Crippen LogP contribution in [0.2, 0.25) is 10.0 Å². The molecule has 0 spiro atoms. The molecule has 2 rings (SSSR count). The zero-order valence-corrected chi connectivity index (χ0v) is 13.7. The van der Waals surface area contributed by atoms with Crippen molar-refractivity contribution in [2.24, 2.45) is 5.10 Å². The molecular weight excluding hydrogens is 337 g/mol. The van der Waals surface area contributed by atoms with E-state index in [1.165, 1.54) is 13.1 Å². The van der Waals surface area contributed by atoms with E-state index in [1.807, 2.05) is 0 Å². The molecule has 2 aromatic rings. The Hall–Kier alpha value is -2.37. The summed E-state index contributed by atoms with van der Waals surface area (Å²) in [5.74, 6) is -0.549. The summed E-state index contributed by atoms with van der Waals surface area (Å²) in [6.07, 6.45) is 1.43. The summed E-state index contributed by atoms with van der Waals surface area (Å²) in [6, 6.07) is 11.4. The third-order valence-corrected chi connectivity index (χ3v) is 3.36. The van der Waals surface area contributed by atoms with Crippen LogP contribution in [0, 0.1) is 0 Å². The number of anilines is 1. The second-order valence-electron chi connectivity index (χ2n) is 4.62. The van der Waals surface area contributed by atoms with Gasteiger partial charge in [0, 0.05) is 28.8 Å². The Bertz CT molecular complexity index is 758. The molecule has 0 bridgehead atoms. The van der Waals surface area contributed by atoms with Gasteiger partial charge in [-0.05, 0) is 36.4 Å². The first-order valence-corrected chi connectivity index (χ1v) is 7.37. The summed E-state index contributed by atoms with van der Waals surface area (Å²) in [7, 11) is 0. The fourth-order valence-electron chi connectivity index (χ4n) is 1.74. The maximum Gasteiger partial charge on any atom is 0.271 e. The zero-order valence-electron chi connectivity index (χ0n) is 12.1. The van der Waals surface area contributed by atoms with Crippen LogP contribution in [0.5, 0.6) is 0 Å². The van der Waals surface area contributed by atoms with Crippen molar-refractivity contribution in [1.82, 2.24) is 5.43 Å². The number of nitrogens with one attached hydrogen (secondary N) is 2. The average molecular weight is 350 g/mol. The van der Waals surface area contributed by atoms with E-state index in [9.17, 15) is 9.59 Å². The SMILES string of the molecule is CC(=O)Nc1ccc(C(=O)NN=Cc2ccc(Cl)cc2Cl)cc1. The summed E-state index contributed by atoms with van der Waals surface area (Å²) in [6.45, 7) is 1.41. The van der Waals surface area contributed by atoms with Crippen LogP contribution in [0.15, 0.2) is 47.6 Å². The molecule has 0 aliphatic carbocycles. The molecule has 0 aromatic heterocycles. The minimum absolute atomic E-state index is 0.174. The molecule has 23 heavy (non-hydrogen) atoms. The van der Waals surface area contributed by atoms with Crippen LogP contribution in [-0.4, -0.2) is 18.0 Å². The summed E-state index contributed by atoms with van der Waals surface area (Å²) in [4.78, 5) is 22.9. The summed E-state index contributed by atoms with van der Waals surface area (Å²) < 4.78 is 0. The molecule has 5 nitrogen and oxygen atoms in total. The third kappa shape index (κ3) is 5.09. The van der Waals surface area contributed by atoms with Crippen LogP contribution >= 0.6 is 23.2 Å². The topological polar surface area (TPSA) is 70.6 Å². The molecule has 2 N–H and O–H groups in total. The standard InChI is InChI=1S/C16H13Cl2N3O2/c1-10(22)20-14-6-3-11(4-7-14)16(23)21-19-9-12-2-5-13(17)8-15(12)18/h2-9H,1H3,(H,20,22)(H,21,23). The smallest absolute Gasteiger partial charge is 0.271 e. The fourth-order valence-corrected chi connectivity index (χ4v) is 2.20. The minimum Gasteiger partial charge on any atom is -0.326 e. The van der Waals surface area contributed by atoms with Crippen LogP contribution in [-0.2, 0) is 4.79 Å². The van der Waals surface area contributed by atoms with Gasteiger partial charge in [0.05, 0.1) is 11.2 Å². The lowest BCUT2D eigenvalue weighted by Crippen LogP contribution is -2.17. The van der Waals surface area contributed by atoms with Crippen LogP contribution in [0.4, 0.5) is 5.69 Å². The lowest BCUT2D eigenvalue weighted by atomic mass is 10.2. The lowest BCUT2D eigenvalue weighted by Gasteiger charge is -2.04. The number of rotatable bonds is 4. The van der Waals surface area contributed by atoms with Gasteiger partial charge in [-0.1, -0.05) is 29.3 Å². The first kappa shape index (κ1) is 17.0. The van der Waals surface area contributed by atoms with E-state index in [0.717, 1.165) is 0 Å². The van der Waals surface area contributed by atoms with Crippen LogP contribution in [0.3, 0.4) is 0 Å². The van der Waals surface area contributed by atoms with E-state index < -0.39 is 0 Å². The van der Waals surface area contributed by atoms with Crippen molar-refractivity contribution in [3.8, 4) is 0 Å². The van der Waals surface area contributed by atoms with Crippen molar-refractivity contribution in [3.63, 3.8) is 0 Å². The van der Waals surface area contributed by atoms with Gasteiger partial charge in [-0.15, -0.1) is 0 Å². The number of carbonyl (C=O) groups is 2. The Morgan fingerprint density at radius 3 is 2.39 bits per heavy atom. The van der Waals surface area contributed by atoms with E-state index >= 15 is 0 Å². The van der Waals surface area contributed by atoms with E-state index in [1.54, 1.807) is 42.5 Å². The second kappa shape index (κ2) is 7.76. The largest absolute Gasteiger partial charge is 0.326 e. The predicted octanol–water partition coefficient (Wildman–Crippen LogP) is 3.72. The fraction of sp³-hybridized carbons (Fsp3) is 0.0625. The van der Waals surface area contributed by atoms with E-state index in [0.29, 0.717) is 26.9 Å². The van der Waals surface area contributed by atoms with Gasteiger partial charge in [-0.3, -0.25) is 9.59 Å². The van der Waals surface area contributed by atoms with Gasteiger partial charge in [-0.2, -0.15) is 5.10 Å². The molecule has 0 aliphatic heterocycles. The summed E-state index contributed by atoms with van der Waals surface area (Å²) in [5, 5.41) is 7.44. The second-order valence-corrected chi connectivity index (χ2v) is 5.47. The van der Waals surface area contributed by atoms with Crippen molar-refractivity contribution in [3.05, 3.63) is 63.6 Å². The Balaban J connectivity index is 1.98. The molecule has 0 unspecified atom stereocenters. The number of halogens is 2. The maximum atomic E-state index is 11.9. The van der Waals surface area contributed by atoms with Crippen LogP contribution in [0.1, 0.15) is 22.8 Å². The lowest BCUT2D eigenvalue weighted by molar-refractivity contribution is -0.114. The maximum absolute atomic E-state index is 11.9. The van der Waals surface area contributed by atoms with Crippen molar-refractivity contribution >= 4 is 46.9 Å². The Morgan fingerprint density at radius 2 is 1.78 bits per heavy atom. The third-order valence-electron chi connectivity index (χ3n) is 2.80. The number of nitrogens with zero attached hydrogens (tertiary/aromatic N) is 1. The highest BCUT2D eigenvalue weighted by Gasteiger charge is 2.05. The van der Waals surface area contributed by atoms with E-state index in [2.05, 4.69) is 15.8 Å². The van der Waals surface area contributed by atoms with Crippen molar-refractivity contribution in [1.29, 1.82) is 0 Å². The summed E-state index contributed by atoms with van der Waals surface area (Å²) in [5.41, 5.74) is 4.07. The zero-order chi connectivity index (χ0) is 16.8. The molecule has 0 fully saturated rings. The minimum atomic E-state index is -0.374. The average Bonchev–Trinajstić information content (AvgIpc) is 2.49. The van der Waals surface area contributed by atoms with Gasteiger partial charge in [0.25, 0.3) is 5.91 Å². The number of carbonyl (C=O) groups excluding carboxylic acids is 2. The number of hydrogen-bond donors (Lipinski definition) is 2. The quantitative estimate of drug-likeness (QED) is 0.652. The van der Waals surface area contributed by atoms with Crippen LogP contribution in [0.25, 0.3) is 0 Å². The predicted molar refractivity (Wildman–Crippen MR) is 92.3 cm³/mol. The van der Waals surface area contributed by atoms with Gasteiger partial charge in [-0.25, -0.2) is 5.43 Å². The van der Waals surface area contributed by atoms with E-state index in [4.69, 9.17) is 23.2 Å². The molecule has 7 heteroatoms. The Kier molecular flexibility index (Phi) is 5.73. The van der Waals surface area contributed by atoms with E-state index in [-0.39, 0.29) is 11.8 Å². The molecule has 2 amide bonds. The Morgan fingerprint density at radius 1 is 1.09 bits per heavy atom. The molecule has 0 atom stereocenters. The van der Waals surface area contributed by atoms with Crippen molar-refractivity contribution in [2.75, 3.05) is 5.32 Å². The highest BCUT2D eigenvalue weighted by molar-refractivity contribution is 6.36. The molecule has 0 saturated heterocycles. The first-order valence-electron chi connectivity index (χ1n) is 6.62. The molecule has 0 saturated carbocycles. The Labute approximate surface area is 143 Å². The first-order chi connectivity index (χ1) is 11.0. The number of hydrogen-bond acceptors (Lipinski definition) is 3. The van der Waals surface area contributed by atoms with Gasteiger partial charge in [0.15, 0.2) is 0 Å². The molecule has 0 radical (unpaired) electrons. The van der Waals surface area contributed by atoms with Crippen LogP contribution < -0.4 is 10.7 Å². The monoisotopic (exact) mass is 349 g/mol. The molecular formula is C16H13Cl2N3O2. The molecule has 0 aliphatic rings. The number of hydrazone groups is 1. The molecule has 118 valence electrons. The van der Waals surface area contributed by atoms with Gasteiger partial charge < -0.3 is 5.32 Å². The highest BCUT2D eigenvalue weighted by Crippen LogP contribution is 2.19. The molecule has 0 heterocycles. The van der Waals surface area contributed by atoms with Gasteiger partial charge in [0.2, 0.25) is 5.91 Å². The molecule has 2 aromatic carbocycles. The van der Waals surface area contributed by atoms with Crippen molar-refractivity contribution < 1.29 is 9.59 Å². The summed E-state index contributed by atoms with van der Waals surface area (Å²) >= 11 is 11.8. The number of amides is 2. The number of benzene rings is 2. The van der Waals surface area contributed by atoms with Gasteiger partial charge >= 0.3 is 0 Å². The highest BCUT2D eigenvalue weighted by atomic mass is 35.5. The van der Waals surface area contributed by atoms with Gasteiger partial charge in [0.1, 0.15) is 0 Å². The normalized spacial score (nSPS) is 10.6.